The lowest BCUT2D eigenvalue weighted by atomic mass is 10.1. The van der Waals surface area contributed by atoms with E-state index in [-0.39, 0.29) is 17.8 Å². The van der Waals surface area contributed by atoms with Crippen LogP contribution in [0.3, 0.4) is 0 Å². The highest BCUT2D eigenvalue weighted by molar-refractivity contribution is 5.81. The van der Waals surface area contributed by atoms with Crippen molar-refractivity contribution in [2.24, 2.45) is 0 Å². The van der Waals surface area contributed by atoms with Gasteiger partial charge in [0.1, 0.15) is 18.2 Å². The van der Waals surface area contributed by atoms with Crippen molar-refractivity contribution in [3.8, 4) is 5.75 Å². The van der Waals surface area contributed by atoms with Crippen LogP contribution >= 0.6 is 0 Å². The summed E-state index contributed by atoms with van der Waals surface area (Å²) in [5.41, 5.74) is 2.03. The van der Waals surface area contributed by atoms with Crippen LogP contribution in [0, 0.1) is 5.82 Å². The fraction of sp³-hybridized carbons (Fsp3) is 0.350. The number of carbonyl (C=O) groups excluding carboxylic acids is 1. The summed E-state index contributed by atoms with van der Waals surface area (Å²) in [6, 6.07) is 14.0. The first kappa shape index (κ1) is 17.4. The van der Waals surface area contributed by atoms with E-state index in [2.05, 4.69) is 10.6 Å². The molecule has 0 aliphatic carbocycles. The first-order valence-electron chi connectivity index (χ1n) is 8.68. The summed E-state index contributed by atoms with van der Waals surface area (Å²) < 4.78 is 18.6. The van der Waals surface area contributed by atoms with Crippen molar-refractivity contribution in [3.05, 3.63) is 65.5 Å². The highest BCUT2D eigenvalue weighted by atomic mass is 19.1. The fourth-order valence-corrected chi connectivity index (χ4v) is 2.83. The van der Waals surface area contributed by atoms with Crippen LogP contribution in [-0.4, -0.2) is 18.5 Å². The molecule has 2 aromatic rings. The molecule has 5 heteroatoms. The van der Waals surface area contributed by atoms with Gasteiger partial charge in [0.2, 0.25) is 5.91 Å². The number of amides is 1. The second kappa shape index (κ2) is 8.62. The molecule has 25 heavy (non-hydrogen) atoms. The molecular formula is C20H23FN2O2. The van der Waals surface area contributed by atoms with E-state index in [1.807, 2.05) is 24.3 Å². The van der Waals surface area contributed by atoms with Crippen LogP contribution in [0.2, 0.25) is 0 Å². The number of rotatable bonds is 6. The molecule has 1 heterocycles. The zero-order valence-corrected chi connectivity index (χ0v) is 14.1. The predicted molar refractivity (Wildman–Crippen MR) is 94.7 cm³/mol. The highest BCUT2D eigenvalue weighted by Crippen LogP contribution is 2.15. The Balaban J connectivity index is 1.48. The quantitative estimate of drug-likeness (QED) is 0.848. The zero-order valence-electron chi connectivity index (χ0n) is 14.1. The van der Waals surface area contributed by atoms with Crippen LogP contribution in [-0.2, 0) is 17.9 Å². The first-order valence-corrected chi connectivity index (χ1v) is 8.68. The van der Waals surface area contributed by atoms with E-state index in [0.29, 0.717) is 13.2 Å². The standard InChI is InChI=1S/C20H23FN2O2/c21-17-8-4-16(5-9-17)14-25-18-10-6-15(7-11-18)13-23-19-3-1-2-12-22-20(19)24/h4-11,19,23H,1-3,12-14H2,(H,22,24). The Kier molecular flexibility index (Phi) is 6.01. The summed E-state index contributed by atoms with van der Waals surface area (Å²) >= 11 is 0. The van der Waals surface area contributed by atoms with Gasteiger partial charge in [-0.25, -0.2) is 4.39 Å². The van der Waals surface area contributed by atoms with Gasteiger partial charge in [-0.05, 0) is 54.7 Å². The molecule has 0 saturated carbocycles. The minimum absolute atomic E-state index is 0.0942. The van der Waals surface area contributed by atoms with Crippen molar-refractivity contribution < 1.29 is 13.9 Å². The van der Waals surface area contributed by atoms with E-state index in [1.165, 1.54) is 12.1 Å². The van der Waals surface area contributed by atoms with Gasteiger partial charge >= 0.3 is 0 Å². The molecule has 0 spiro atoms. The second-order valence-electron chi connectivity index (χ2n) is 6.28. The second-order valence-corrected chi connectivity index (χ2v) is 6.28. The lowest BCUT2D eigenvalue weighted by Gasteiger charge is -2.15. The Morgan fingerprint density at radius 1 is 1.04 bits per heavy atom. The largest absolute Gasteiger partial charge is 0.489 e. The molecule has 0 radical (unpaired) electrons. The van der Waals surface area contributed by atoms with Crippen LogP contribution in [0.25, 0.3) is 0 Å². The number of hydrogen-bond donors (Lipinski definition) is 2. The average molecular weight is 342 g/mol. The number of carbonyl (C=O) groups is 1. The maximum absolute atomic E-state index is 12.9. The van der Waals surface area contributed by atoms with Crippen LogP contribution in [0.4, 0.5) is 4.39 Å². The molecule has 1 aliphatic heterocycles. The van der Waals surface area contributed by atoms with Crippen LogP contribution in [0.15, 0.2) is 48.5 Å². The molecule has 132 valence electrons. The molecule has 4 nitrogen and oxygen atoms in total. The molecule has 1 fully saturated rings. The molecular weight excluding hydrogens is 319 g/mol. The fourth-order valence-electron chi connectivity index (χ4n) is 2.83. The maximum Gasteiger partial charge on any atom is 0.237 e. The third-order valence-corrected chi connectivity index (χ3v) is 4.33. The number of halogens is 1. The van der Waals surface area contributed by atoms with Gasteiger partial charge < -0.3 is 15.4 Å². The van der Waals surface area contributed by atoms with Crippen LogP contribution < -0.4 is 15.4 Å². The minimum atomic E-state index is -0.247. The van der Waals surface area contributed by atoms with E-state index in [9.17, 15) is 9.18 Å². The number of benzene rings is 2. The topological polar surface area (TPSA) is 50.4 Å². The van der Waals surface area contributed by atoms with Gasteiger partial charge in [-0.2, -0.15) is 0 Å². The van der Waals surface area contributed by atoms with Crippen molar-refractivity contribution in [1.82, 2.24) is 10.6 Å². The Bertz CT molecular complexity index is 686. The van der Waals surface area contributed by atoms with Crippen molar-refractivity contribution in [1.29, 1.82) is 0 Å². The van der Waals surface area contributed by atoms with Crippen molar-refractivity contribution >= 4 is 5.91 Å². The minimum Gasteiger partial charge on any atom is -0.489 e. The number of hydrogen-bond acceptors (Lipinski definition) is 3. The molecule has 1 aliphatic rings. The van der Waals surface area contributed by atoms with Gasteiger partial charge in [0.25, 0.3) is 0 Å². The average Bonchev–Trinajstić information content (AvgIpc) is 2.84. The van der Waals surface area contributed by atoms with E-state index in [0.717, 1.165) is 42.7 Å². The normalized spacial score (nSPS) is 17.6. The molecule has 0 bridgehead atoms. The van der Waals surface area contributed by atoms with Crippen LogP contribution in [0.1, 0.15) is 30.4 Å². The van der Waals surface area contributed by atoms with Gasteiger partial charge in [-0.3, -0.25) is 4.79 Å². The summed E-state index contributed by atoms with van der Waals surface area (Å²) in [6.07, 6.45) is 2.99. The lowest BCUT2D eigenvalue weighted by Crippen LogP contribution is -2.42. The summed E-state index contributed by atoms with van der Waals surface area (Å²) in [6.45, 7) is 1.83. The van der Waals surface area contributed by atoms with Crippen molar-refractivity contribution in [3.63, 3.8) is 0 Å². The molecule has 1 saturated heterocycles. The third kappa shape index (κ3) is 5.29. The smallest absolute Gasteiger partial charge is 0.237 e. The summed E-state index contributed by atoms with van der Waals surface area (Å²) in [7, 11) is 0. The van der Waals surface area contributed by atoms with E-state index >= 15 is 0 Å². The van der Waals surface area contributed by atoms with Crippen LogP contribution in [0.5, 0.6) is 5.75 Å². The highest BCUT2D eigenvalue weighted by Gasteiger charge is 2.19. The Morgan fingerprint density at radius 3 is 2.52 bits per heavy atom. The van der Waals surface area contributed by atoms with E-state index in [1.54, 1.807) is 12.1 Å². The molecule has 3 rings (SSSR count). The SMILES string of the molecule is O=C1NCCCCC1NCc1ccc(OCc2ccc(F)cc2)cc1. The zero-order chi connectivity index (χ0) is 17.5. The molecule has 0 aromatic heterocycles. The summed E-state index contributed by atoms with van der Waals surface area (Å²) in [5.74, 6) is 0.611. The monoisotopic (exact) mass is 342 g/mol. The lowest BCUT2D eigenvalue weighted by molar-refractivity contribution is -0.122. The van der Waals surface area contributed by atoms with Gasteiger partial charge in [0.05, 0.1) is 6.04 Å². The molecule has 1 unspecified atom stereocenters. The van der Waals surface area contributed by atoms with Gasteiger partial charge in [0, 0.05) is 13.1 Å². The maximum atomic E-state index is 12.9. The number of nitrogens with one attached hydrogen (secondary N) is 2. The first-order chi connectivity index (χ1) is 12.2. The molecule has 2 aromatic carbocycles. The van der Waals surface area contributed by atoms with E-state index < -0.39 is 0 Å². The van der Waals surface area contributed by atoms with Crippen molar-refractivity contribution in [2.75, 3.05) is 6.54 Å². The van der Waals surface area contributed by atoms with Gasteiger partial charge in [-0.1, -0.05) is 24.3 Å². The van der Waals surface area contributed by atoms with Gasteiger partial charge in [-0.15, -0.1) is 0 Å². The summed E-state index contributed by atoms with van der Waals surface area (Å²) in [5, 5.41) is 6.25. The number of ether oxygens (including phenoxy) is 1. The molecule has 1 atom stereocenters. The Labute approximate surface area is 147 Å². The third-order valence-electron chi connectivity index (χ3n) is 4.33. The van der Waals surface area contributed by atoms with E-state index in [4.69, 9.17) is 4.74 Å². The van der Waals surface area contributed by atoms with Gasteiger partial charge in [0.15, 0.2) is 0 Å². The summed E-state index contributed by atoms with van der Waals surface area (Å²) in [4.78, 5) is 11.9. The molecule has 2 N–H and O–H groups in total. The Morgan fingerprint density at radius 2 is 1.76 bits per heavy atom. The molecule has 1 amide bonds. The predicted octanol–water partition coefficient (Wildman–Crippen LogP) is 3.16. The Hall–Kier alpha value is -2.40. The van der Waals surface area contributed by atoms with Crippen molar-refractivity contribution in [2.45, 2.75) is 38.5 Å².